The van der Waals surface area contributed by atoms with Crippen LogP contribution < -0.4 is 11.0 Å². The number of nitrogens with one attached hydrogen (secondary N) is 1. The average molecular weight is 440 g/mol. The van der Waals surface area contributed by atoms with E-state index in [1.165, 1.54) is 13.1 Å². The zero-order valence-corrected chi connectivity index (χ0v) is 17.5. The van der Waals surface area contributed by atoms with E-state index >= 15 is 0 Å². The van der Waals surface area contributed by atoms with Crippen molar-refractivity contribution in [3.05, 3.63) is 90.8 Å². The molecule has 1 aromatic heterocycles. The summed E-state index contributed by atoms with van der Waals surface area (Å²) in [5, 5.41) is 18.3. The zero-order valence-electron chi connectivity index (χ0n) is 16.0. The molecule has 0 saturated carbocycles. The standard InChI is InChI=1S/C21H15Cl2N5O2/c1-12-4-3-5-16(8-12)28-21(30)17(10-24)13(2)19(27-28)20(29)26-25-11-14-6-7-15(22)9-18(14)23/h3-9,11H,1-2H3,(H,26,29)/b25-11+. The van der Waals surface area contributed by atoms with Crippen LogP contribution in [0.2, 0.25) is 10.0 Å². The Labute approximate surface area is 182 Å². The van der Waals surface area contributed by atoms with Gasteiger partial charge in [0.1, 0.15) is 11.6 Å². The third-order valence-corrected chi connectivity index (χ3v) is 4.80. The molecule has 0 radical (unpaired) electrons. The number of aryl methyl sites for hydroxylation is 1. The number of nitrogens with zero attached hydrogens (tertiary/aromatic N) is 4. The Balaban J connectivity index is 1.97. The van der Waals surface area contributed by atoms with E-state index in [0.717, 1.165) is 10.2 Å². The predicted octanol–water partition coefficient (Wildman–Crippen LogP) is 3.79. The summed E-state index contributed by atoms with van der Waals surface area (Å²) in [5.41, 5.74) is 3.55. The number of hydrazone groups is 1. The first kappa shape index (κ1) is 21.2. The topological polar surface area (TPSA) is 100 Å². The number of benzene rings is 2. The van der Waals surface area contributed by atoms with E-state index < -0.39 is 11.5 Å². The quantitative estimate of drug-likeness (QED) is 0.493. The summed E-state index contributed by atoms with van der Waals surface area (Å²) >= 11 is 11.9. The van der Waals surface area contributed by atoms with E-state index in [2.05, 4.69) is 15.6 Å². The highest BCUT2D eigenvalue weighted by molar-refractivity contribution is 6.36. The number of halogens is 2. The van der Waals surface area contributed by atoms with Crippen LogP contribution in [0.1, 0.15) is 32.7 Å². The van der Waals surface area contributed by atoms with Gasteiger partial charge in [-0.2, -0.15) is 20.1 Å². The third kappa shape index (κ3) is 4.40. The van der Waals surface area contributed by atoms with Gasteiger partial charge in [-0.25, -0.2) is 5.43 Å². The third-order valence-electron chi connectivity index (χ3n) is 4.24. The number of carbonyl (C=O) groups is 1. The van der Waals surface area contributed by atoms with Gasteiger partial charge in [0.25, 0.3) is 11.5 Å². The summed E-state index contributed by atoms with van der Waals surface area (Å²) in [6.45, 7) is 3.35. The molecule has 1 N–H and O–H groups in total. The number of hydrogen-bond acceptors (Lipinski definition) is 5. The Morgan fingerprint density at radius 2 is 2.00 bits per heavy atom. The molecule has 0 fully saturated rings. The van der Waals surface area contributed by atoms with Crippen LogP contribution in [0.3, 0.4) is 0 Å². The van der Waals surface area contributed by atoms with E-state index in [1.807, 2.05) is 19.1 Å². The number of nitriles is 1. The molecule has 0 saturated heterocycles. The summed E-state index contributed by atoms with van der Waals surface area (Å²) in [6.07, 6.45) is 1.35. The molecule has 0 aliphatic carbocycles. The van der Waals surface area contributed by atoms with Crippen molar-refractivity contribution in [1.29, 1.82) is 5.26 Å². The molecule has 0 aliphatic rings. The first-order valence-corrected chi connectivity index (χ1v) is 9.47. The van der Waals surface area contributed by atoms with Gasteiger partial charge in [-0.1, -0.05) is 41.4 Å². The molecular formula is C21H15Cl2N5O2. The monoisotopic (exact) mass is 439 g/mol. The van der Waals surface area contributed by atoms with Crippen LogP contribution in [0.5, 0.6) is 0 Å². The minimum atomic E-state index is -0.674. The van der Waals surface area contributed by atoms with Gasteiger partial charge in [0.2, 0.25) is 0 Å². The van der Waals surface area contributed by atoms with Crippen LogP contribution in [-0.4, -0.2) is 21.9 Å². The van der Waals surface area contributed by atoms with Gasteiger partial charge < -0.3 is 0 Å². The van der Waals surface area contributed by atoms with Gasteiger partial charge in [0.15, 0.2) is 5.69 Å². The molecule has 0 atom stereocenters. The van der Waals surface area contributed by atoms with E-state index in [1.54, 1.807) is 36.4 Å². The van der Waals surface area contributed by atoms with Crippen LogP contribution in [0.25, 0.3) is 5.69 Å². The summed E-state index contributed by atoms with van der Waals surface area (Å²) in [5.74, 6) is -0.674. The molecule has 0 aliphatic heterocycles. The highest BCUT2D eigenvalue weighted by atomic mass is 35.5. The van der Waals surface area contributed by atoms with E-state index in [0.29, 0.717) is 21.3 Å². The molecule has 30 heavy (non-hydrogen) atoms. The fourth-order valence-electron chi connectivity index (χ4n) is 2.71. The van der Waals surface area contributed by atoms with Crippen molar-refractivity contribution in [2.24, 2.45) is 5.10 Å². The fraction of sp³-hybridized carbons (Fsp3) is 0.0952. The lowest BCUT2D eigenvalue weighted by Gasteiger charge is -2.11. The van der Waals surface area contributed by atoms with Crippen molar-refractivity contribution in [3.8, 4) is 11.8 Å². The minimum absolute atomic E-state index is 0.0907. The molecular weight excluding hydrogens is 425 g/mol. The van der Waals surface area contributed by atoms with Crippen LogP contribution in [0.4, 0.5) is 0 Å². The highest BCUT2D eigenvalue weighted by Gasteiger charge is 2.20. The van der Waals surface area contributed by atoms with E-state index in [4.69, 9.17) is 23.2 Å². The maximum atomic E-state index is 12.7. The summed E-state index contributed by atoms with van der Waals surface area (Å²) < 4.78 is 1.03. The second kappa shape index (κ2) is 8.91. The molecule has 7 nitrogen and oxygen atoms in total. The van der Waals surface area contributed by atoms with Crippen molar-refractivity contribution < 1.29 is 4.79 Å². The van der Waals surface area contributed by atoms with Gasteiger partial charge in [0, 0.05) is 16.1 Å². The molecule has 1 amide bonds. The Morgan fingerprint density at radius 1 is 1.23 bits per heavy atom. The summed E-state index contributed by atoms with van der Waals surface area (Å²) in [4.78, 5) is 25.3. The van der Waals surface area contributed by atoms with Crippen molar-refractivity contribution in [1.82, 2.24) is 15.2 Å². The van der Waals surface area contributed by atoms with Crippen molar-refractivity contribution >= 4 is 35.3 Å². The number of hydrogen-bond donors (Lipinski definition) is 1. The molecule has 2 aromatic carbocycles. The van der Waals surface area contributed by atoms with Gasteiger partial charge in [0.05, 0.1) is 16.9 Å². The van der Waals surface area contributed by atoms with Gasteiger partial charge >= 0.3 is 0 Å². The largest absolute Gasteiger partial charge is 0.292 e. The second-order valence-electron chi connectivity index (χ2n) is 6.38. The number of rotatable bonds is 4. The molecule has 1 heterocycles. The van der Waals surface area contributed by atoms with Crippen LogP contribution in [-0.2, 0) is 0 Å². The smallest absolute Gasteiger partial charge is 0.266 e. The Hall–Kier alpha value is -3.47. The Kier molecular flexibility index (Phi) is 6.31. The predicted molar refractivity (Wildman–Crippen MR) is 116 cm³/mol. The first-order chi connectivity index (χ1) is 14.3. The van der Waals surface area contributed by atoms with Crippen molar-refractivity contribution in [3.63, 3.8) is 0 Å². The highest BCUT2D eigenvalue weighted by Crippen LogP contribution is 2.19. The lowest BCUT2D eigenvalue weighted by molar-refractivity contribution is 0.0947. The number of amides is 1. The fourth-order valence-corrected chi connectivity index (χ4v) is 3.16. The molecule has 0 spiro atoms. The second-order valence-corrected chi connectivity index (χ2v) is 7.22. The lowest BCUT2D eigenvalue weighted by atomic mass is 10.1. The lowest BCUT2D eigenvalue weighted by Crippen LogP contribution is -2.31. The minimum Gasteiger partial charge on any atom is -0.266 e. The molecule has 0 unspecified atom stereocenters. The molecule has 9 heteroatoms. The van der Waals surface area contributed by atoms with Gasteiger partial charge in [-0.05, 0) is 43.7 Å². The van der Waals surface area contributed by atoms with E-state index in [-0.39, 0.29) is 16.8 Å². The zero-order chi connectivity index (χ0) is 21.8. The molecule has 150 valence electrons. The number of aromatic nitrogens is 2. The maximum Gasteiger partial charge on any atom is 0.292 e. The average Bonchev–Trinajstić information content (AvgIpc) is 2.70. The SMILES string of the molecule is Cc1cccc(-n2nc(C(=O)N/N=C/c3ccc(Cl)cc3Cl)c(C)c(C#N)c2=O)c1. The Morgan fingerprint density at radius 3 is 2.67 bits per heavy atom. The summed E-state index contributed by atoms with van der Waals surface area (Å²) in [6, 6.07) is 13.7. The molecule has 3 aromatic rings. The van der Waals surface area contributed by atoms with Crippen LogP contribution in [0.15, 0.2) is 52.4 Å². The van der Waals surface area contributed by atoms with Crippen LogP contribution >= 0.6 is 23.2 Å². The number of carbonyl (C=O) groups excluding carboxylic acids is 1. The van der Waals surface area contributed by atoms with Crippen molar-refractivity contribution in [2.75, 3.05) is 0 Å². The van der Waals surface area contributed by atoms with Gasteiger partial charge in [-0.3, -0.25) is 9.59 Å². The molecule has 0 bridgehead atoms. The first-order valence-electron chi connectivity index (χ1n) is 8.71. The van der Waals surface area contributed by atoms with Crippen molar-refractivity contribution in [2.45, 2.75) is 13.8 Å². The van der Waals surface area contributed by atoms with Gasteiger partial charge in [-0.15, -0.1) is 0 Å². The van der Waals surface area contributed by atoms with Crippen LogP contribution in [0, 0.1) is 25.2 Å². The Bertz CT molecular complexity index is 1280. The van der Waals surface area contributed by atoms with E-state index in [9.17, 15) is 14.9 Å². The maximum absolute atomic E-state index is 12.7. The summed E-state index contributed by atoms with van der Waals surface area (Å²) in [7, 11) is 0. The normalized spacial score (nSPS) is 10.8. The molecule has 3 rings (SSSR count).